The first-order valence-electron chi connectivity index (χ1n) is 3.79. The van der Waals surface area contributed by atoms with Gasteiger partial charge in [-0.25, -0.2) is 0 Å². The Morgan fingerprint density at radius 2 is 1.20 bits per heavy atom. The summed E-state index contributed by atoms with van der Waals surface area (Å²) in [4.78, 5) is 0. The van der Waals surface area contributed by atoms with Crippen molar-refractivity contribution in [2.45, 2.75) is 34.1 Å². The third-order valence-electron chi connectivity index (χ3n) is 1.21. The van der Waals surface area contributed by atoms with Crippen LogP contribution < -0.4 is 0 Å². The first kappa shape index (κ1) is 13.7. The minimum absolute atomic E-state index is 0. The molecule has 0 heterocycles. The SMILES string of the molecule is CC(C)[CH-]C[CH-]C(C)C.[Y]. The molecule has 0 bridgehead atoms. The Bertz CT molecular complexity index is 49.7. The predicted octanol–water partition coefficient (Wildman–Crippen LogP) is 3.09. The molecule has 0 aliphatic carbocycles. The van der Waals surface area contributed by atoms with Gasteiger partial charge >= 0.3 is 0 Å². The van der Waals surface area contributed by atoms with Crippen LogP contribution in [0.25, 0.3) is 0 Å². The summed E-state index contributed by atoms with van der Waals surface area (Å²) in [5.41, 5.74) is 0. The second-order valence-corrected chi connectivity index (χ2v) is 3.20. The van der Waals surface area contributed by atoms with Gasteiger partial charge in [-0.1, -0.05) is 27.7 Å². The Balaban J connectivity index is 0. The van der Waals surface area contributed by atoms with Crippen molar-refractivity contribution < 1.29 is 32.7 Å². The van der Waals surface area contributed by atoms with Gasteiger partial charge in [0.15, 0.2) is 0 Å². The van der Waals surface area contributed by atoms with Crippen LogP contribution in [0.3, 0.4) is 0 Å². The first-order valence-corrected chi connectivity index (χ1v) is 3.79. The van der Waals surface area contributed by atoms with E-state index in [1.807, 2.05) is 0 Å². The van der Waals surface area contributed by atoms with E-state index in [1.54, 1.807) is 0 Å². The normalized spacial score (nSPS) is 10.2. The van der Waals surface area contributed by atoms with E-state index in [0.29, 0.717) is 0 Å². The molecule has 1 radical (unpaired) electrons. The van der Waals surface area contributed by atoms with Gasteiger partial charge < -0.3 is 19.3 Å². The molecule has 0 nitrogen and oxygen atoms in total. The van der Waals surface area contributed by atoms with E-state index in [4.69, 9.17) is 0 Å². The Morgan fingerprint density at radius 3 is 1.40 bits per heavy atom. The molecule has 0 aromatic rings. The molecule has 0 spiro atoms. The Morgan fingerprint density at radius 1 is 0.900 bits per heavy atom. The quantitative estimate of drug-likeness (QED) is 0.632. The van der Waals surface area contributed by atoms with Crippen molar-refractivity contribution in [3.63, 3.8) is 0 Å². The molecule has 0 aliphatic heterocycles. The molecule has 0 N–H and O–H groups in total. The van der Waals surface area contributed by atoms with Crippen LogP contribution >= 0.6 is 0 Å². The zero-order chi connectivity index (χ0) is 7.28. The minimum atomic E-state index is 0. The molecule has 10 heavy (non-hydrogen) atoms. The van der Waals surface area contributed by atoms with E-state index in [-0.39, 0.29) is 32.7 Å². The van der Waals surface area contributed by atoms with Crippen molar-refractivity contribution in [2.24, 2.45) is 11.8 Å². The van der Waals surface area contributed by atoms with Crippen LogP contribution in [0.5, 0.6) is 0 Å². The molecule has 0 saturated heterocycles. The van der Waals surface area contributed by atoms with E-state index in [9.17, 15) is 0 Å². The third-order valence-corrected chi connectivity index (χ3v) is 1.21. The summed E-state index contributed by atoms with van der Waals surface area (Å²) < 4.78 is 0. The summed E-state index contributed by atoms with van der Waals surface area (Å²) in [5, 5.41) is 0. The summed E-state index contributed by atoms with van der Waals surface area (Å²) in [6.45, 7) is 8.87. The maximum absolute atomic E-state index is 2.33. The zero-order valence-electron chi connectivity index (χ0n) is 7.59. The smallest absolute Gasteiger partial charge is 0 e. The van der Waals surface area contributed by atoms with E-state index in [1.165, 1.54) is 0 Å². The molecular formula is C9H18Y-2. The molecule has 59 valence electrons. The summed E-state index contributed by atoms with van der Waals surface area (Å²) >= 11 is 0. The fourth-order valence-corrected chi connectivity index (χ4v) is 0.623. The van der Waals surface area contributed by atoms with Gasteiger partial charge in [-0.15, -0.1) is 0 Å². The number of hydrogen-bond acceptors (Lipinski definition) is 0. The third kappa shape index (κ3) is 11.8. The second-order valence-electron chi connectivity index (χ2n) is 3.20. The average Bonchev–Trinajstić information content (AvgIpc) is 1.63. The maximum Gasteiger partial charge on any atom is 0 e. The first-order chi connectivity index (χ1) is 4.13. The molecule has 0 rings (SSSR count). The van der Waals surface area contributed by atoms with Crippen LogP contribution in [0.2, 0.25) is 0 Å². The van der Waals surface area contributed by atoms with E-state index in [2.05, 4.69) is 40.5 Å². The van der Waals surface area contributed by atoms with Gasteiger partial charge in [0.2, 0.25) is 0 Å². The van der Waals surface area contributed by atoms with Crippen molar-refractivity contribution in [2.75, 3.05) is 0 Å². The average molecular weight is 215 g/mol. The van der Waals surface area contributed by atoms with Gasteiger partial charge in [-0.05, 0) is 0 Å². The molecule has 1 heteroatoms. The van der Waals surface area contributed by atoms with Crippen molar-refractivity contribution in [1.82, 2.24) is 0 Å². The maximum atomic E-state index is 2.33. The fourth-order valence-electron chi connectivity index (χ4n) is 0.623. The van der Waals surface area contributed by atoms with Crippen molar-refractivity contribution in [3.05, 3.63) is 12.8 Å². The molecule has 0 saturated carbocycles. The molecule has 0 aromatic heterocycles. The topological polar surface area (TPSA) is 0 Å². The Hall–Kier alpha value is 1.10. The summed E-state index contributed by atoms with van der Waals surface area (Å²) in [6, 6.07) is 0. The van der Waals surface area contributed by atoms with Gasteiger partial charge in [-0.3, -0.25) is 0 Å². The van der Waals surface area contributed by atoms with E-state index < -0.39 is 0 Å². The van der Waals surface area contributed by atoms with E-state index >= 15 is 0 Å². The monoisotopic (exact) mass is 215 g/mol. The predicted molar refractivity (Wildman–Crippen MR) is 42.9 cm³/mol. The molecule has 0 fully saturated rings. The number of hydrogen-bond donors (Lipinski definition) is 0. The molecule has 0 aliphatic rings. The van der Waals surface area contributed by atoms with Gasteiger partial charge in [0, 0.05) is 32.7 Å². The Kier molecular flexibility index (Phi) is 11.2. The van der Waals surface area contributed by atoms with Gasteiger partial charge in [0.05, 0.1) is 0 Å². The van der Waals surface area contributed by atoms with Crippen LogP contribution in [0.1, 0.15) is 34.1 Å². The van der Waals surface area contributed by atoms with Gasteiger partial charge in [-0.2, -0.15) is 11.8 Å². The van der Waals surface area contributed by atoms with E-state index in [0.717, 1.165) is 18.3 Å². The standard InChI is InChI=1S/C9H18.Y/c1-8(2)6-5-7-9(3)4;/h6-9H,5H2,1-4H3;/q-2;. The zero-order valence-corrected chi connectivity index (χ0v) is 10.4. The largest absolute Gasteiger partial charge is 0.355 e. The van der Waals surface area contributed by atoms with Crippen LogP contribution in [0.15, 0.2) is 0 Å². The molecule has 0 atom stereocenters. The van der Waals surface area contributed by atoms with Crippen LogP contribution in [0, 0.1) is 24.7 Å². The van der Waals surface area contributed by atoms with Crippen LogP contribution in [-0.4, -0.2) is 0 Å². The molecule has 0 unspecified atom stereocenters. The van der Waals surface area contributed by atoms with Crippen LogP contribution in [-0.2, 0) is 32.7 Å². The van der Waals surface area contributed by atoms with Crippen molar-refractivity contribution in [1.29, 1.82) is 0 Å². The summed E-state index contributed by atoms with van der Waals surface area (Å²) in [7, 11) is 0. The second kappa shape index (κ2) is 8.20. The van der Waals surface area contributed by atoms with Gasteiger partial charge in [0.25, 0.3) is 0 Å². The minimum Gasteiger partial charge on any atom is -0.355 e. The molecule has 0 amide bonds. The summed E-state index contributed by atoms with van der Waals surface area (Å²) in [5.74, 6) is 1.47. The van der Waals surface area contributed by atoms with Crippen molar-refractivity contribution in [3.8, 4) is 0 Å². The molecular weight excluding hydrogens is 197 g/mol. The summed E-state index contributed by atoms with van der Waals surface area (Å²) in [6.07, 6.45) is 5.83. The van der Waals surface area contributed by atoms with Crippen molar-refractivity contribution >= 4 is 0 Å². The molecule has 0 aromatic carbocycles. The Labute approximate surface area is 91.0 Å². The van der Waals surface area contributed by atoms with Crippen LogP contribution in [0.4, 0.5) is 0 Å². The number of rotatable bonds is 4. The van der Waals surface area contributed by atoms with Gasteiger partial charge in [0.1, 0.15) is 0 Å². The fraction of sp³-hybridized carbons (Fsp3) is 0.778.